The van der Waals surface area contributed by atoms with E-state index in [2.05, 4.69) is 62.5 Å². The minimum atomic E-state index is -1.64. The van der Waals surface area contributed by atoms with E-state index in [1.165, 1.54) is 122 Å². The molecule has 1 saturated heterocycles. The molecule has 1 fully saturated rings. The molecule has 0 aromatic carbocycles. The molecule has 11 nitrogen and oxygen atoms in total. The highest BCUT2D eigenvalue weighted by atomic mass is 16.7. The van der Waals surface area contributed by atoms with Crippen LogP contribution in [0.1, 0.15) is 245 Å². The number of ether oxygens (including phenoxy) is 3. The number of nitrogens with one attached hydrogen (secondary N) is 1. The van der Waals surface area contributed by atoms with Crippen molar-refractivity contribution in [2.24, 2.45) is 0 Å². The van der Waals surface area contributed by atoms with Gasteiger partial charge in [0.05, 0.1) is 25.4 Å². The number of aliphatic hydroxyl groups is 5. The predicted molar refractivity (Wildman–Crippen MR) is 319 cm³/mol. The molecule has 77 heavy (non-hydrogen) atoms. The minimum absolute atomic E-state index is 0.0700. The Kier molecular flexibility index (Phi) is 49.5. The third-order valence-corrected chi connectivity index (χ3v) is 14.1. The molecule has 1 aliphatic heterocycles. The SMILES string of the molecule is CC/C=C/C=C/C=C\C=C/C=C/CCCCCC(=O)OC1C(OCC(NC(=O)C(O)CCCCCCCCCCCC/C=C\C/C=C\CCCCC)C(O)/C=C/CCCCCCCCCCCCC)OC(CO)C(O)C1O. The molecule has 1 heterocycles. The molecule has 11 heteroatoms. The van der Waals surface area contributed by atoms with Crippen molar-refractivity contribution in [3.63, 3.8) is 0 Å². The van der Waals surface area contributed by atoms with Gasteiger partial charge in [-0.1, -0.05) is 259 Å². The highest BCUT2D eigenvalue weighted by Gasteiger charge is 2.47. The quantitative estimate of drug-likeness (QED) is 0.0149. The molecule has 0 radical (unpaired) electrons. The Morgan fingerprint density at radius 3 is 1.53 bits per heavy atom. The van der Waals surface area contributed by atoms with Gasteiger partial charge in [-0.05, 0) is 77.0 Å². The summed E-state index contributed by atoms with van der Waals surface area (Å²) in [6.45, 7) is 5.59. The first kappa shape index (κ1) is 71.6. The molecule has 1 aliphatic rings. The number of unbranched alkanes of at least 4 members (excludes halogenated alkanes) is 27. The number of allylic oxidation sites excluding steroid dienone is 15. The molecule has 0 aromatic rings. The van der Waals surface area contributed by atoms with Gasteiger partial charge in [0.2, 0.25) is 5.91 Å². The van der Waals surface area contributed by atoms with E-state index in [1.54, 1.807) is 6.08 Å². The molecule has 6 N–H and O–H groups in total. The molecule has 0 aliphatic carbocycles. The first-order valence-corrected chi connectivity index (χ1v) is 31.1. The van der Waals surface area contributed by atoms with Gasteiger partial charge in [-0.15, -0.1) is 0 Å². The van der Waals surface area contributed by atoms with Crippen molar-refractivity contribution in [2.75, 3.05) is 13.2 Å². The Balaban J connectivity index is 2.71. The zero-order valence-corrected chi connectivity index (χ0v) is 48.8. The Morgan fingerprint density at radius 1 is 0.532 bits per heavy atom. The third kappa shape index (κ3) is 41.3. The van der Waals surface area contributed by atoms with Crippen LogP contribution in [0.25, 0.3) is 0 Å². The number of carbonyl (C=O) groups excluding carboxylic acids is 2. The van der Waals surface area contributed by atoms with E-state index in [1.807, 2.05) is 54.7 Å². The molecule has 0 spiro atoms. The van der Waals surface area contributed by atoms with Gasteiger partial charge in [-0.25, -0.2) is 0 Å². The maximum absolute atomic E-state index is 13.4. The van der Waals surface area contributed by atoms with E-state index in [0.717, 1.165) is 77.0 Å². The molecular formula is C66H113NO10. The average Bonchev–Trinajstić information content (AvgIpc) is 3.43. The fraction of sp³-hybridized carbons (Fsp3) is 0.727. The Hall–Kier alpha value is -3.42. The van der Waals surface area contributed by atoms with Crippen LogP contribution in [-0.4, -0.2) is 99.6 Å². The number of hydrogen-bond donors (Lipinski definition) is 6. The average molecular weight is 1080 g/mol. The molecule has 1 amide bonds. The normalized spacial score (nSPS) is 19.7. The Morgan fingerprint density at radius 2 is 0.987 bits per heavy atom. The zero-order chi connectivity index (χ0) is 56.1. The second-order valence-corrected chi connectivity index (χ2v) is 21.2. The van der Waals surface area contributed by atoms with Crippen molar-refractivity contribution >= 4 is 11.9 Å². The predicted octanol–water partition coefficient (Wildman–Crippen LogP) is 14.7. The van der Waals surface area contributed by atoms with Crippen LogP contribution in [0.5, 0.6) is 0 Å². The van der Waals surface area contributed by atoms with Crippen LogP contribution in [-0.2, 0) is 23.8 Å². The number of hydrogen-bond acceptors (Lipinski definition) is 10. The third-order valence-electron chi connectivity index (χ3n) is 14.1. The van der Waals surface area contributed by atoms with Crippen molar-refractivity contribution in [3.05, 3.63) is 97.2 Å². The van der Waals surface area contributed by atoms with Crippen LogP contribution in [0.15, 0.2) is 97.2 Å². The lowest BCUT2D eigenvalue weighted by Gasteiger charge is -2.41. The highest BCUT2D eigenvalue weighted by molar-refractivity contribution is 5.80. The zero-order valence-electron chi connectivity index (χ0n) is 48.8. The summed E-state index contributed by atoms with van der Waals surface area (Å²) in [6.07, 6.45) is 60.1. The second-order valence-electron chi connectivity index (χ2n) is 21.2. The first-order valence-electron chi connectivity index (χ1n) is 31.1. The fourth-order valence-electron chi connectivity index (χ4n) is 9.17. The Bertz CT molecular complexity index is 1620. The Labute approximate surface area is 469 Å². The number of rotatable bonds is 51. The van der Waals surface area contributed by atoms with Crippen LogP contribution < -0.4 is 5.32 Å². The van der Waals surface area contributed by atoms with Crippen LogP contribution in [0.2, 0.25) is 0 Å². The van der Waals surface area contributed by atoms with Crippen molar-refractivity contribution < 1.29 is 49.3 Å². The first-order chi connectivity index (χ1) is 37.7. The maximum atomic E-state index is 13.4. The van der Waals surface area contributed by atoms with E-state index in [-0.39, 0.29) is 19.4 Å². The van der Waals surface area contributed by atoms with E-state index < -0.39 is 67.4 Å². The van der Waals surface area contributed by atoms with Gasteiger partial charge >= 0.3 is 5.97 Å². The monoisotopic (exact) mass is 1080 g/mol. The minimum Gasteiger partial charge on any atom is -0.454 e. The number of carbonyl (C=O) groups is 2. The van der Waals surface area contributed by atoms with Gasteiger partial charge in [0.25, 0.3) is 0 Å². The van der Waals surface area contributed by atoms with Gasteiger partial charge in [-0.3, -0.25) is 9.59 Å². The van der Waals surface area contributed by atoms with Crippen LogP contribution in [0, 0.1) is 0 Å². The van der Waals surface area contributed by atoms with E-state index >= 15 is 0 Å². The number of aliphatic hydroxyl groups excluding tert-OH is 5. The van der Waals surface area contributed by atoms with Crippen molar-refractivity contribution in [1.29, 1.82) is 0 Å². The molecule has 1 rings (SSSR count). The van der Waals surface area contributed by atoms with Crippen LogP contribution in [0.3, 0.4) is 0 Å². The van der Waals surface area contributed by atoms with Gasteiger partial charge in [0, 0.05) is 6.42 Å². The summed E-state index contributed by atoms with van der Waals surface area (Å²) >= 11 is 0. The van der Waals surface area contributed by atoms with Gasteiger partial charge in [0.1, 0.15) is 24.4 Å². The van der Waals surface area contributed by atoms with Crippen molar-refractivity contribution in [2.45, 2.75) is 294 Å². The lowest BCUT2D eigenvalue weighted by Crippen LogP contribution is -2.61. The summed E-state index contributed by atoms with van der Waals surface area (Å²) in [5, 5.41) is 57.0. The van der Waals surface area contributed by atoms with Gasteiger partial charge in [-0.2, -0.15) is 0 Å². The molecular weight excluding hydrogens is 967 g/mol. The van der Waals surface area contributed by atoms with Crippen LogP contribution >= 0.6 is 0 Å². The second kappa shape index (κ2) is 53.2. The lowest BCUT2D eigenvalue weighted by atomic mass is 9.99. The molecule has 0 bridgehead atoms. The largest absolute Gasteiger partial charge is 0.454 e. The standard InChI is InChI=1S/C66H113NO10/c1-4-7-10-13-16-19-22-25-27-28-29-30-31-33-35-38-41-44-47-50-53-59(70)65(74)67-57(58(69)52-49-46-43-40-37-34-24-21-18-15-12-9-6-3)56-75-66-64(63(73)62(72)60(55-68)76-66)77-61(71)54-51-48-45-42-39-36-32-26-23-20-17-14-11-8-5-2/h8,11,14,16-17,19-20,23,25-27,32,36,39,49,52,57-60,62-64,66,68-70,72-73H,4-7,9-10,12-13,15,18,21-22,24,28-31,33-35,37-38,40-48,50-51,53-56H2,1-3H3,(H,67,74)/b11-8+,17-14+,19-16-,23-20-,27-25-,32-26-,39-36+,52-49+. The molecule has 8 unspecified atom stereocenters. The molecule has 8 atom stereocenters. The summed E-state index contributed by atoms with van der Waals surface area (Å²) in [6, 6.07) is -1.04. The number of esters is 1. The summed E-state index contributed by atoms with van der Waals surface area (Å²) in [5.41, 5.74) is 0. The topological polar surface area (TPSA) is 175 Å². The molecule has 0 aromatic heterocycles. The smallest absolute Gasteiger partial charge is 0.306 e. The summed E-state index contributed by atoms with van der Waals surface area (Å²) in [5.74, 6) is -1.24. The maximum Gasteiger partial charge on any atom is 0.306 e. The van der Waals surface area contributed by atoms with E-state index in [4.69, 9.17) is 14.2 Å². The van der Waals surface area contributed by atoms with E-state index in [9.17, 15) is 35.1 Å². The van der Waals surface area contributed by atoms with Gasteiger partial charge in [0.15, 0.2) is 12.4 Å². The number of amides is 1. The summed E-state index contributed by atoms with van der Waals surface area (Å²) in [4.78, 5) is 26.5. The van der Waals surface area contributed by atoms with Gasteiger partial charge < -0.3 is 45.1 Å². The fourth-order valence-corrected chi connectivity index (χ4v) is 9.17. The summed E-state index contributed by atoms with van der Waals surface area (Å²) < 4.78 is 17.6. The van der Waals surface area contributed by atoms with Crippen molar-refractivity contribution in [3.8, 4) is 0 Å². The van der Waals surface area contributed by atoms with E-state index in [0.29, 0.717) is 12.8 Å². The highest BCUT2D eigenvalue weighted by Crippen LogP contribution is 2.26. The molecule has 0 saturated carbocycles. The molecule has 442 valence electrons. The lowest BCUT2D eigenvalue weighted by molar-refractivity contribution is -0.305. The van der Waals surface area contributed by atoms with Crippen molar-refractivity contribution in [1.82, 2.24) is 5.32 Å². The summed E-state index contributed by atoms with van der Waals surface area (Å²) in [7, 11) is 0. The van der Waals surface area contributed by atoms with Crippen LogP contribution in [0.4, 0.5) is 0 Å².